The molecule has 0 radical (unpaired) electrons. The molecule has 0 aromatic heterocycles. The lowest BCUT2D eigenvalue weighted by Gasteiger charge is -2.29. The van der Waals surface area contributed by atoms with Crippen molar-refractivity contribution in [3.05, 3.63) is 102 Å². The topological polar surface area (TPSA) is 48.0 Å². The van der Waals surface area contributed by atoms with Crippen LogP contribution in [0.3, 0.4) is 0 Å². The number of likely N-dealkylation sites (tertiary alicyclic amines) is 1. The largest absolute Gasteiger partial charge is 0.497 e. The van der Waals surface area contributed by atoms with Crippen LogP contribution in [0.25, 0.3) is 22.3 Å². The highest BCUT2D eigenvalue weighted by atomic mass is 16.5. The summed E-state index contributed by atoms with van der Waals surface area (Å²) in [4.78, 5) is 15.7. The molecule has 0 atom stereocenters. The highest BCUT2D eigenvalue weighted by Gasteiger charge is 2.18. The summed E-state index contributed by atoms with van der Waals surface area (Å²) in [5.41, 5.74) is 5.60. The summed E-state index contributed by atoms with van der Waals surface area (Å²) < 4.78 is 17.2. The number of hydrogen-bond acceptors (Lipinski definition) is 5. The Hall–Kier alpha value is -4.09. The van der Waals surface area contributed by atoms with Gasteiger partial charge >= 0.3 is 0 Å². The number of benzene rings is 4. The molecule has 39 heavy (non-hydrogen) atoms. The Morgan fingerprint density at radius 3 is 2.26 bits per heavy atom. The van der Waals surface area contributed by atoms with Gasteiger partial charge in [-0.15, -0.1) is 0 Å². The van der Waals surface area contributed by atoms with Crippen molar-refractivity contribution in [3.63, 3.8) is 0 Å². The lowest BCUT2D eigenvalue weighted by Crippen LogP contribution is -2.35. The quantitative estimate of drug-likeness (QED) is 0.223. The van der Waals surface area contributed by atoms with Crippen LogP contribution >= 0.6 is 0 Å². The second-order valence-electron chi connectivity index (χ2n) is 10.1. The first-order valence-electron chi connectivity index (χ1n) is 13.4. The van der Waals surface area contributed by atoms with Crippen molar-refractivity contribution in [3.8, 4) is 39.5 Å². The van der Waals surface area contributed by atoms with Gasteiger partial charge < -0.3 is 19.1 Å². The van der Waals surface area contributed by atoms with E-state index in [9.17, 15) is 4.79 Å². The molecular formula is C34H35NO4. The summed E-state index contributed by atoms with van der Waals surface area (Å²) in [5.74, 6) is 2.43. The molecule has 5 heteroatoms. The van der Waals surface area contributed by atoms with Gasteiger partial charge in [0.25, 0.3) is 0 Å². The van der Waals surface area contributed by atoms with Crippen LogP contribution < -0.4 is 14.2 Å². The van der Waals surface area contributed by atoms with Crippen LogP contribution in [0, 0.1) is 0 Å². The van der Waals surface area contributed by atoms with E-state index in [1.54, 1.807) is 14.2 Å². The first-order valence-corrected chi connectivity index (χ1v) is 13.4. The number of ketones is 1. The zero-order valence-corrected chi connectivity index (χ0v) is 22.9. The lowest BCUT2D eigenvalue weighted by molar-refractivity contribution is 0.0993. The Morgan fingerprint density at radius 1 is 0.769 bits per heavy atom. The molecule has 0 saturated carbocycles. The zero-order valence-electron chi connectivity index (χ0n) is 22.9. The van der Waals surface area contributed by atoms with Gasteiger partial charge in [0.05, 0.1) is 14.2 Å². The van der Waals surface area contributed by atoms with Crippen LogP contribution in [0.5, 0.6) is 17.2 Å². The van der Waals surface area contributed by atoms with E-state index in [1.165, 1.54) is 0 Å². The minimum absolute atomic E-state index is 0.0563. The molecule has 4 aromatic carbocycles. The summed E-state index contributed by atoms with van der Waals surface area (Å²) in [5, 5.41) is 0. The highest BCUT2D eigenvalue weighted by molar-refractivity contribution is 5.99. The Kier molecular flexibility index (Phi) is 8.28. The van der Waals surface area contributed by atoms with Crippen molar-refractivity contribution in [2.75, 3.05) is 34.4 Å². The van der Waals surface area contributed by atoms with Crippen LogP contribution in [-0.2, 0) is 6.42 Å². The lowest BCUT2D eigenvalue weighted by atomic mass is 9.96. The maximum absolute atomic E-state index is 13.3. The Morgan fingerprint density at radius 2 is 1.51 bits per heavy atom. The number of nitrogens with zero attached hydrogens (tertiary/aromatic N) is 1. The smallest absolute Gasteiger partial charge is 0.167 e. The number of Topliss-reactive ketones (excluding diaryl/α,β-unsaturated/α-hetero) is 1. The Balaban J connectivity index is 1.30. The number of carbonyl (C=O) groups excluding carboxylic acids is 1. The highest BCUT2D eigenvalue weighted by Crippen LogP contribution is 2.33. The van der Waals surface area contributed by atoms with E-state index in [1.807, 2.05) is 66.7 Å². The number of ether oxygens (including phenoxy) is 3. The van der Waals surface area contributed by atoms with Crippen LogP contribution in [-0.4, -0.2) is 51.1 Å². The van der Waals surface area contributed by atoms with Gasteiger partial charge in [-0.25, -0.2) is 0 Å². The monoisotopic (exact) mass is 521 g/mol. The van der Waals surface area contributed by atoms with Crippen LogP contribution in [0.1, 0.15) is 28.8 Å². The Labute approximate surface area is 231 Å². The van der Waals surface area contributed by atoms with Crippen molar-refractivity contribution in [1.29, 1.82) is 0 Å². The third-order valence-electron chi connectivity index (χ3n) is 7.35. The van der Waals surface area contributed by atoms with Gasteiger partial charge in [-0.05, 0) is 84.6 Å². The molecule has 200 valence electrons. The van der Waals surface area contributed by atoms with Gasteiger partial charge in [0.1, 0.15) is 23.4 Å². The minimum Gasteiger partial charge on any atom is -0.497 e. The molecule has 1 aliphatic heterocycles. The number of rotatable bonds is 9. The van der Waals surface area contributed by atoms with Crippen LogP contribution in [0.4, 0.5) is 0 Å². The maximum atomic E-state index is 13.3. The van der Waals surface area contributed by atoms with E-state index >= 15 is 0 Å². The predicted octanol–water partition coefficient (Wildman–Crippen LogP) is 6.94. The predicted molar refractivity (Wildman–Crippen MR) is 156 cm³/mol. The first kappa shape index (κ1) is 26.5. The normalized spacial score (nSPS) is 14.1. The molecule has 5 nitrogen and oxygen atoms in total. The number of methoxy groups -OCH3 is 2. The second-order valence-corrected chi connectivity index (χ2v) is 10.1. The molecule has 0 amide bonds. The van der Waals surface area contributed by atoms with E-state index in [4.69, 9.17) is 14.2 Å². The Bertz CT molecular complexity index is 1420. The number of piperidine rings is 1. The first-order chi connectivity index (χ1) is 19.0. The summed E-state index contributed by atoms with van der Waals surface area (Å²) in [6.07, 6.45) is 2.71. The fraction of sp³-hybridized carbons (Fsp3) is 0.265. The second kappa shape index (κ2) is 12.2. The molecule has 1 saturated heterocycles. The van der Waals surface area contributed by atoms with Crippen LogP contribution in [0.2, 0.25) is 0 Å². The van der Waals surface area contributed by atoms with E-state index < -0.39 is 0 Å². The average Bonchev–Trinajstić information content (AvgIpc) is 2.98. The van der Waals surface area contributed by atoms with Crippen molar-refractivity contribution >= 4 is 5.78 Å². The van der Waals surface area contributed by atoms with E-state index in [0.29, 0.717) is 17.7 Å². The van der Waals surface area contributed by atoms with Gasteiger partial charge in [0, 0.05) is 30.6 Å². The molecule has 1 aliphatic rings. The molecule has 1 fully saturated rings. The van der Waals surface area contributed by atoms with Gasteiger partial charge in [-0.3, -0.25) is 4.79 Å². The maximum Gasteiger partial charge on any atom is 0.167 e. The van der Waals surface area contributed by atoms with E-state index in [-0.39, 0.29) is 11.9 Å². The molecule has 0 N–H and O–H groups in total. The van der Waals surface area contributed by atoms with E-state index in [2.05, 4.69) is 36.2 Å². The summed E-state index contributed by atoms with van der Waals surface area (Å²) in [6, 6.07) is 29.8. The van der Waals surface area contributed by atoms with Crippen molar-refractivity contribution in [2.45, 2.75) is 25.4 Å². The number of carbonyl (C=O) groups is 1. The molecule has 4 aromatic rings. The minimum atomic E-state index is 0.0563. The summed E-state index contributed by atoms with van der Waals surface area (Å²) in [7, 11) is 5.44. The average molecular weight is 522 g/mol. The van der Waals surface area contributed by atoms with Crippen molar-refractivity contribution in [1.82, 2.24) is 4.90 Å². The molecule has 1 heterocycles. The fourth-order valence-corrected chi connectivity index (χ4v) is 5.07. The molecule has 0 spiro atoms. The standard InChI is InChI=1S/C34H35NO4/c1-35-18-16-30(17-19-35)39-29-13-10-25(11-14-29)26-7-4-6-24(20-26)21-33(36)28-12-15-34(38-3)32(23-28)27-8-5-9-31(22-27)37-2/h4-15,20,22-23,30H,16-19,21H2,1-3H3. The third-order valence-corrected chi connectivity index (χ3v) is 7.35. The summed E-state index contributed by atoms with van der Waals surface area (Å²) in [6.45, 7) is 2.15. The third kappa shape index (κ3) is 6.50. The fourth-order valence-electron chi connectivity index (χ4n) is 5.07. The van der Waals surface area contributed by atoms with Gasteiger partial charge in [-0.2, -0.15) is 0 Å². The van der Waals surface area contributed by atoms with Crippen molar-refractivity contribution < 1.29 is 19.0 Å². The summed E-state index contributed by atoms with van der Waals surface area (Å²) >= 11 is 0. The van der Waals surface area contributed by atoms with Crippen LogP contribution in [0.15, 0.2) is 91.0 Å². The molecular weight excluding hydrogens is 486 g/mol. The molecule has 0 bridgehead atoms. The number of hydrogen-bond donors (Lipinski definition) is 0. The van der Waals surface area contributed by atoms with Gasteiger partial charge in [0.15, 0.2) is 5.78 Å². The molecule has 5 rings (SSSR count). The van der Waals surface area contributed by atoms with Gasteiger partial charge in [0.2, 0.25) is 0 Å². The zero-order chi connectivity index (χ0) is 27.2. The van der Waals surface area contributed by atoms with Gasteiger partial charge in [-0.1, -0.05) is 48.5 Å². The SMILES string of the molecule is COc1cccc(-c2cc(C(=O)Cc3cccc(-c4ccc(OC5CCN(C)CC5)cc4)c3)ccc2OC)c1. The van der Waals surface area contributed by atoms with E-state index in [0.717, 1.165) is 65.2 Å². The molecule has 0 aliphatic carbocycles. The molecule has 0 unspecified atom stereocenters. The van der Waals surface area contributed by atoms with Crippen molar-refractivity contribution in [2.24, 2.45) is 0 Å².